The van der Waals surface area contributed by atoms with Gasteiger partial charge in [0.15, 0.2) is 0 Å². The number of piperidine rings is 1. The molecule has 4 nitrogen and oxygen atoms in total. The first-order chi connectivity index (χ1) is 9.29. The van der Waals surface area contributed by atoms with E-state index in [9.17, 15) is 0 Å². The monoisotopic (exact) mass is 269 g/mol. The molecule has 2 heterocycles. The van der Waals surface area contributed by atoms with Gasteiger partial charge < -0.3 is 15.0 Å². The molecule has 2 saturated heterocycles. The molecule has 0 spiro atoms. The van der Waals surface area contributed by atoms with Crippen LogP contribution in [-0.2, 0) is 4.74 Å². The Kier molecular flexibility index (Phi) is 6.57. The molecule has 19 heavy (non-hydrogen) atoms. The Morgan fingerprint density at radius 1 is 1.16 bits per heavy atom. The fraction of sp³-hybridized carbons (Fsp3) is 1.00. The topological polar surface area (TPSA) is 27.7 Å². The first kappa shape index (κ1) is 15.2. The van der Waals surface area contributed by atoms with Gasteiger partial charge in [0, 0.05) is 38.8 Å². The summed E-state index contributed by atoms with van der Waals surface area (Å²) in [5, 5.41) is 3.59. The number of likely N-dealkylation sites (tertiary alicyclic amines) is 1. The van der Waals surface area contributed by atoms with Crippen molar-refractivity contribution >= 4 is 0 Å². The van der Waals surface area contributed by atoms with E-state index in [2.05, 4.69) is 29.0 Å². The molecule has 0 amide bonds. The molecular weight excluding hydrogens is 238 g/mol. The third kappa shape index (κ3) is 5.03. The summed E-state index contributed by atoms with van der Waals surface area (Å²) in [6.07, 6.45) is 2.76. The number of ether oxygens (including phenoxy) is 1. The van der Waals surface area contributed by atoms with Crippen molar-refractivity contribution in [3.8, 4) is 0 Å². The van der Waals surface area contributed by atoms with Crippen molar-refractivity contribution in [2.75, 3.05) is 59.0 Å². The van der Waals surface area contributed by atoms with Crippen molar-refractivity contribution < 1.29 is 4.74 Å². The molecule has 0 saturated carbocycles. The van der Waals surface area contributed by atoms with Gasteiger partial charge in [0.05, 0.1) is 13.2 Å². The van der Waals surface area contributed by atoms with Gasteiger partial charge in [-0.2, -0.15) is 0 Å². The Morgan fingerprint density at radius 2 is 1.89 bits per heavy atom. The summed E-state index contributed by atoms with van der Waals surface area (Å²) in [6, 6.07) is 0.663. The van der Waals surface area contributed by atoms with Crippen molar-refractivity contribution in [2.24, 2.45) is 5.92 Å². The summed E-state index contributed by atoms with van der Waals surface area (Å²) in [4.78, 5) is 5.21. The molecule has 0 aromatic carbocycles. The molecular formula is C15H31N3O. The zero-order valence-corrected chi connectivity index (χ0v) is 12.7. The summed E-state index contributed by atoms with van der Waals surface area (Å²) < 4.78 is 5.40. The second kappa shape index (κ2) is 8.20. The average Bonchev–Trinajstić information content (AvgIpc) is 2.47. The second-order valence-corrected chi connectivity index (χ2v) is 6.00. The molecule has 1 N–H and O–H groups in total. The van der Waals surface area contributed by atoms with Crippen LogP contribution in [0.4, 0.5) is 0 Å². The van der Waals surface area contributed by atoms with Gasteiger partial charge in [0.1, 0.15) is 0 Å². The van der Waals surface area contributed by atoms with E-state index in [1.807, 2.05) is 0 Å². The largest absolute Gasteiger partial charge is 0.379 e. The highest BCUT2D eigenvalue weighted by Crippen LogP contribution is 2.19. The predicted octanol–water partition coefficient (Wildman–Crippen LogP) is 1.03. The molecule has 112 valence electrons. The van der Waals surface area contributed by atoms with Crippen LogP contribution in [0.2, 0.25) is 0 Å². The van der Waals surface area contributed by atoms with Crippen LogP contribution in [0.15, 0.2) is 0 Å². The first-order valence-electron chi connectivity index (χ1n) is 8.05. The molecule has 2 rings (SSSR count). The van der Waals surface area contributed by atoms with Crippen LogP contribution in [0, 0.1) is 5.92 Å². The summed E-state index contributed by atoms with van der Waals surface area (Å²) in [5.74, 6) is 0.832. The van der Waals surface area contributed by atoms with E-state index in [-0.39, 0.29) is 0 Å². The minimum absolute atomic E-state index is 0.663. The van der Waals surface area contributed by atoms with Crippen molar-refractivity contribution in [3.05, 3.63) is 0 Å². The van der Waals surface area contributed by atoms with Crippen LogP contribution < -0.4 is 5.32 Å². The molecule has 2 aliphatic heterocycles. The first-order valence-corrected chi connectivity index (χ1v) is 8.05. The van der Waals surface area contributed by atoms with E-state index in [1.165, 1.54) is 39.0 Å². The number of nitrogens with one attached hydrogen (secondary N) is 1. The lowest BCUT2D eigenvalue weighted by Crippen LogP contribution is -2.47. The average molecular weight is 269 g/mol. The lowest BCUT2D eigenvalue weighted by molar-refractivity contribution is 0.0302. The number of nitrogens with zero attached hydrogens (tertiary/aromatic N) is 2. The minimum atomic E-state index is 0.663. The van der Waals surface area contributed by atoms with E-state index in [4.69, 9.17) is 4.74 Å². The van der Waals surface area contributed by atoms with Crippen LogP contribution in [-0.4, -0.2) is 74.9 Å². The third-order valence-corrected chi connectivity index (χ3v) is 4.61. The maximum atomic E-state index is 5.40. The second-order valence-electron chi connectivity index (χ2n) is 6.00. The van der Waals surface area contributed by atoms with Gasteiger partial charge in [-0.15, -0.1) is 0 Å². The number of hydrogen-bond acceptors (Lipinski definition) is 4. The molecule has 0 bridgehead atoms. The maximum Gasteiger partial charge on any atom is 0.0594 e. The fourth-order valence-corrected chi connectivity index (χ4v) is 3.30. The van der Waals surface area contributed by atoms with E-state index in [1.54, 1.807) is 0 Å². The molecule has 0 aromatic rings. The molecule has 2 unspecified atom stereocenters. The van der Waals surface area contributed by atoms with Crippen LogP contribution in [0.25, 0.3) is 0 Å². The van der Waals surface area contributed by atoms with Gasteiger partial charge in [-0.3, -0.25) is 4.90 Å². The number of morpholine rings is 1. The van der Waals surface area contributed by atoms with E-state index < -0.39 is 0 Å². The summed E-state index contributed by atoms with van der Waals surface area (Å²) in [5.41, 5.74) is 0. The van der Waals surface area contributed by atoms with Gasteiger partial charge in [-0.25, -0.2) is 0 Å². The summed E-state index contributed by atoms with van der Waals surface area (Å²) in [7, 11) is 0. The molecule has 2 aliphatic rings. The Balaban J connectivity index is 1.68. The fourth-order valence-electron chi connectivity index (χ4n) is 3.30. The SMILES string of the molecule is CCNC(C)C1CCCN(CCN2CCOCC2)C1. The summed E-state index contributed by atoms with van der Waals surface area (Å²) >= 11 is 0. The smallest absolute Gasteiger partial charge is 0.0594 e. The molecule has 2 fully saturated rings. The highest BCUT2D eigenvalue weighted by atomic mass is 16.5. The maximum absolute atomic E-state index is 5.40. The van der Waals surface area contributed by atoms with Gasteiger partial charge in [-0.05, 0) is 38.8 Å². The van der Waals surface area contributed by atoms with Gasteiger partial charge in [0.2, 0.25) is 0 Å². The van der Waals surface area contributed by atoms with Gasteiger partial charge in [-0.1, -0.05) is 6.92 Å². The Hall–Kier alpha value is -0.160. The molecule has 4 heteroatoms. The van der Waals surface area contributed by atoms with Crippen molar-refractivity contribution in [3.63, 3.8) is 0 Å². The highest BCUT2D eigenvalue weighted by molar-refractivity contribution is 4.80. The van der Waals surface area contributed by atoms with Crippen molar-refractivity contribution in [1.82, 2.24) is 15.1 Å². The third-order valence-electron chi connectivity index (χ3n) is 4.61. The predicted molar refractivity (Wildman–Crippen MR) is 79.6 cm³/mol. The van der Waals surface area contributed by atoms with E-state index in [0.717, 1.165) is 38.8 Å². The highest BCUT2D eigenvalue weighted by Gasteiger charge is 2.24. The summed E-state index contributed by atoms with van der Waals surface area (Å²) in [6.45, 7) is 14.7. The zero-order valence-electron chi connectivity index (χ0n) is 12.7. The lowest BCUT2D eigenvalue weighted by Gasteiger charge is -2.37. The Labute approximate surface area is 118 Å². The standard InChI is InChI=1S/C15H31N3O/c1-3-16-14(2)15-5-4-6-18(13-15)8-7-17-9-11-19-12-10-17/h14-16H,3-13H2,1-2H3. The van der Waals surface area contributed by atoms with E-state index in [0.29, 0.717) is 6.04 Å². The number of hydrogen-bond donors (Lipinski definition) is 1. The molecule has 0 radical (unpaired) electrons. The Morgan fingerprint density at radius 3 is 2.63 bits per heavy atom. The Bertz CT molecular complexity index is 244. The van der Waals surface area contributed by atoms with Crippen LogP contribution in [0.1, 0.15) is 26.7 Å². The van der Waals surface area contributed by atoms with Crippen LogP contribution >= 0.6 is 0 Å². The molecule has 2 atom stereocenters. The zero-order chi connectivity index (χ0) is 13.5. The minimum Gasteiger partial charge on any atom is -0.379 e. The quantitative estimate of drug-likeness (QED) is 0.779. The van der Waals surface area contributed by atoms with Crippen LogP contribution in [0.5, 0.6) is 0 Å². The number of rotatable bonds is 6. The van der Waals surface area contributed by atoms with Crippen molar-refractivity contribution in [2.45, 2.75) is 32.7 Å². The normalized spacial score (nSPS) is 28.4. The molecule has 0 aromatic heterocycles. The van der Waals surface area contributed by atoms with Gasteiger partial charge >= 0.3 is 0 Å². The lowest BCUT2D eigenvalue weighted by atomic mass is 9.91. The van der Waals surface area contributed by atoms with E-state index >= 15 is 0 Å². The van der Waals surface area contributed by atoms with Gasteiger partial charge in [0.25, 0.3) is 0 Å². The van der Waals surface area contributed by atoms with Crippen LogP contribution in [0.3, 0.4) is 0 Å². The molecule has 0 aliphatic carbocycles. The van der Waals surface area contributed by atoms with Crippen molar-refractivity contribution in [1.29, 1.82) is 0 Å².